The number of nitriles is 3. The van der Waals surface area contributed by atoms with Crippen molar-refractivity contribution in [1.82, 2.24) is 0 Å². The predicted octanol–water partition coefficient (Wildman–Crippen LogP) is 4.09. The molecule has 2 bridgehead atoms. The number of hydrogen-bond donors (Lipinski definition) is 1. The first-order valence-corrected chi connectivity index (χ1v) is 9.22. The number of nitrogens with one attached hydrogen (secondary N) is 1. The molecule has 4 rings (SSSR count). The highest BCUT2D eigenvalue weighted by Crippen LogP contribution is 2.70. The first kappa shape index (κ1) is 17.8. The van der Waals surface area contributed by atoms with Gasteiger partial charge in [0.05, 0.1) is 24.1 Å². The third-order valence-corrected chi connectivity index (χ3v) is 6.70. The zero-order chi connectivity index (χ0) is 19.4. The maximum absolute atomic E-state index is 10.2. The first-order chi connectivity index (χ1) is 12.9. The van der Waals surface area contributed by atoms with Crippen LogP contribution in [0.3, 0.4) is 0 Å². The Bertz CT molecular complexity index is 944. The van der Waals surface area contributed by atoms with Crippen LogP contribution < -0.4 is 0 Å². The second-order valence-corrected chi connectivity index (χ2v) is 8.05. The van der Waals surface area contributed by atoms with Crippen molar-refractivity contribution in [2.75, 3.05) is 0 Å². The van der Waals surface area contributed by atoms with Crippen molar-refractivity contribution in [3.63, 3.8) is 0 Å². The molecule has 1 aromatic carbocycles. The van der Waals surface area contributed by atoms with Crippen LogP contribution in [0, 0.1) is 62.1 Å². The molecule has 2 saturated heterocycles. The van der Waals surface area contributed by atoms with E-state index in [-0.39, 0.29) is 11.8 Å². The molecule has 0 aromatic heterocycles. The normalized spacial score (nSPS) is 38.6. The van der Waals surface area contributed by atoms with Crippen molar-refractivity contribution in [3.05, 3.63) is 34.9 Å². The molecule has 6 nitrogen and oxygen atoms in total. The lowest BCUT2D eigenvalue weighted by molar-refractivity contribution is -0.298. The molecule has 3 fully saturated rings. The Kier molecular flexibility index (Phi) is 3.76. The molecule has 3 aliphatic rings. The van der Waals surface area contributed by atoms with E-state index >= 15 is 0 Å². The van der Waals surface area contributed by atoms with Crippen LogP contribution in [0.4, 0.5) is 0 Å². The highest BCUT2D eigenvalue weighted by molar-refractivity contribution is 6.31. The molecule has 0 amide bonds. The Hall–Kier alpha value is -2.59. The van der Waals surface area contributed by atoms with Gasteiger partial charge in [0.1, 0.15) is 6.10 Å². The molecule has 2 aliphatic heterocycles. The third-order valence-electron chi connectivity index (χ3n) is 6.36. The van der Waals surface area contributed by atoms with Gasteiger partial charge in [-0.05, 0) is 24.8 Å². The minimum absolute atomic E-state index is 0.279. The summed E-state index contributed by atoms with van der Waals surface area (Å²) in [6, 6.07) is 13.1. The van der Waals surface area contributed by atoms with Gasteiger partial charge >= 0.3 is 0 Å². The molecule has 1 N–H and O–H groups in total. The van der Waals surface area contributed by atoms with E-state index in [1.165, 1.54) is 0 Å². The molecular weight excluding hydrogens is 364 g/mol. The van der Waals surface area contributed by atoms with Gasteiger partial charge in [0, 0.05) is 17.0 Å². The monoisotopic (exact) mass is 380 g/mol. The lowest BCUT2D eigenvalue weighted by atomic mass is 9.50. The minimum Gasteiger partial charge on any atom is -0.447 e. The van der Waals surface area contributed by atoms with E-state index in [2.05, 4.69) is 13.0 Å². The summed E-state index contributed by atoms with van der Waals surface area (Å²) < 4.78 is 12.2. The van der Waals surface area contributed by atoms with Crippen molar-refractivity contribution in [1.29, 1.82) is 21.2 Å². The SMILES string of the molecule is CC1CCC23OC(=N)C(C#N)(C2C1)C(C#N)(C#N)C(c1ccccc1Cl)O3. The average Bonchev–Trinajstić information content (AvgIpc) is 2.86. The van der Waals surface area contributed by atoms with E-state index in [0.717, 1.165) is 6.42 Å². The second-order valence-electron chi connectivity index (χ2n) is 7.65. The molecular formula is C20H17ClN4O2. The summed E-state index contributed by atoms with van der Waals surface area (Å²) in [5, 5.41) is 39.4. The van der Waals surface area contributed by atoms with E-state index in [0.29, 0.717) is 23.4 Å². The van der Waals surface area contributed by atoms with Gasteiger partial charge in [-0.2, -0.15) is 15.8 Å². The molecule has 136 valence electrons. The maximum Gasteiger partial charge on any atom is 0.217 e. The first-order valence-electron chi connectivity index (χ1n) is 8.85. The molecule has 7 heteroatoms. The van der Waals surface area contributed by atoms with Crippen LogP contribution in [0.2, 0.25) is 5.02 Å². The van der Waals surface area contributed by atoms with Gasteiger partial charge < -0.3 is 9.47 Å². The summed E-state index contributed by atoms with van der Waals surface area (Å²) in [6.07, 6.45) is 0.773. The van der Waals surface area contributed by atoms with Gasteiger partial charge in [-0.1, -0.05) is 36.7 Å². The van der Waals surface area contributed by atoms with E-state index in [1.54, 1.807) is 24.3 Å². The lowest BCUT2D eigenvalue weighted by Crippen LogP contribution is -2.61. The van der Waals surface area contributed by atoms with Crippen LogP contribution in [0.1, 0.15) is 37.9 Å². The van der Waals surface area contributed by atoms with E-state index in [4.69, 9.17) is 26.5 Å². The van der Waals surface area contributed by atoms with Gasteiger partial charge in [0.2, 0.25) is 17.1 Å². The number of halogens is 1. The molecule has 0 radical (unpaired) electrons. The quantitative estimate of drug-likeness (QED) is 0.787. The summed E-state index contributed by atoms with van der Waals surface area (Å²) >= 11 is 6.36. The number of nitrogens with zero attached hydrogens (tertiary/aromatic N) is 3. The lowest BCUT2D eigenvalue weighted by Gasteiger charge is -2.52. The molecule has 0 spiro atoms. The van der Waals surface area contributed by atoms with Crippen molar-refractivity contribution in [2.45, 2.75) is 38.1 Å². The van der Waals surface area contributed by atoms with E-state index in [9.17, 15) is 15.8 Å². The highest BCUT2D eigenvalue weighted by Gasteiger charge is 2.80. The summed E-state index contributed by atoms with van der Waals surface area (Å²) in [5.41, 5.74) is -3.18. The Morgan fingerprint density at radius 3 is 2.52 bits per heavy atom. The number of rotatable bonds is 1. The van der Waals surface area contributed by atoms with Crippen LogP contribution in [-0.2, 0) is 9.47 Å². The Morgan fingerprint density at radius 1 is 1.19 bits per heavy atom. The smallest absolute Gasteiger partial charge is 0.217 e. The summed E-state index contributed by atoms with van der Waals surface area (Å²) in [4.78, 5) is 0. The summed E-state index contributed by atoms with van der Waals surface area (Å²) in [6.45, 7) is 2.06. The molecule has 1 aliphatic carbocycles. The minimum atomic E-state index is -1.94. The number of ether oxygens (including phenoxy) is 2. The highest BCUT2D eigenvalue weighted by atomic mass is 35.5. The second kappa shape index (κ2) is 5.70. The topological polar surface area (TPSA) is 114 Å². The molecule has 5 atom stereocenters. The van der Waals surface area contributed by atoms with Gasteiger partial charge in [-0.15, -0.1) is 0 Å². The zero-order valence-electron chi connectivity index (χ0n) is 14.7. The van der Waals surface area contributed by atoms with Crippen molar-refractivity contribution in [3.8, 4) is 18.2 Å². The van der Waals surface area contributed by atoms with Gasteiger partial charge in [0.15, 0.2) is 5.41 Å². The predicted molar refractivity (Wildman–Crippen MR) is 95.0 cm³/mol. The van der Waals surface area contributed by atoms with Gasteiger partial charge in [0.25, 0.3) is 0 Å². The van der Waals surface area contributed by atoms with Crippen LogP contribution in [0.15, 0.2) is 24.3 Å². The standard InChI is InChI=1S/C20H17ClN4O2/c1-12-6-7-20-15(8-12)19(11-24,17(25)27-20)18(9-22,10-23)16(26-20)13-4-2-3-5-14(13)21/h2-5,12,15-16,25H,6-8H2,1H3. The molecule has 1 aromatic rings. The van der Waals surface area contributed by atoms with Crippen LogP contribution in [0.25, 0.3) is 0 Å². The average molecular weight is 381 g/mol. The fourth-order valence-corrected chi connectivity index (χ4v) is 5.23. The third kappa shape index (κ3) is 1.94. The molecule has 1 saturated carbocycles. The van der Waals surface area contributed by atoms with Crippen molar-refractivity contribution in [2.24, 2.45) is 22.7 Å². The molecule has 5 unspecified atom stereocenters. The Labute approximate surface area is 162 Å². The van der Waals surface area contributed by atoms with Gasteiger partial charge in [-0.25, -0.2) is 0 Å². The largest absolute Gasteiger partial charge is 0.447 e. The summed E-state index contributed by atoms with van der Waals surface area (Å²) in [7, 11) is 0. The zero-order valence-corrected chi connectivity index (χ0v) is 15.5. The molecule has 27 heavy (non-hydrogen) atoms. The fraction of sp³-hybridized carbons (Fsp3) is 0.500. The fourth-order valence-electron chi connectivity index (χ4n) is 5.00. The Morgan fingerprint density at radius 2 is 1.89 bits per heavy atom. The van der Waals surface area contributed by atoms with E-state index in [1.807, 2.05) is 12.1 Å². The van der Waals surface area contributed by atoms with Gasteiger partial charge in [-0.3, -0.25) is 5.41 Å². The van der Waals surface area contributed by atoms with Crippen LogP contribution in [0.5, 0.6) is 0 Å². The van der Waals surface area contributed by atoms with Crippen LogP contribution in [-0.4, -0.2) is 11.7 Å². The van der Waals surface area contributed by atoms with Crippen molar-refractivity contribution >= 4 is 17.5 Å². The van der Waals surface area contributed by atoms with Crippen molar-refractivity contribution < 1.29 is 9.47 Å². The van der Waals surface area contributed by atoms with Crippen LogP contribution >= 0.6 is 11.6 Å². The van der Waals surface area contributed by atoms with E-state index < -0.39 is 28.6 Å². The number of hydrogen-bond acceptors (Lipinski definition) is 6. The summed E-state index contributed by atoms with van der Waals surface area (Å²) in [5.74, 6) is -1.80. The number of benzene rings is 1. The molecule has 2 heterocycles. The maximum atomic E-state index is 10.2. The Balaban J connectivity index is 2.02.